The minimum atomic E-state index is -3.93. The van der Waals surface area contributed by atoms with Crippen molar-refractivity contribution in [3.8, 4) is 16.2 Å². The molecule has 4 N–H and O–H groups in total. The van der Waals surface area contributed by atoms with E-state index in [2.05, 4.69) is 10.6 Å². The Morgan fingerprint density at radius 3 is 2.39 bits per heavy atom. The average Bonchev–Trinajstić information content (AvgIpc) is 3.68. The molecule has 8 rings (SSSR count). The van der Waals surface area contributed by atoms with Crippen molar-refractivity contribution >= 4 is 84.9 Å². The summed E-state index contributed by atoms with van der Waals surface area (Å²) in [5.74, 6) is -8.54. The van der Waals surface area contributed by atoms with Crippen LogP contribution in [0.1, 0.15) is 78.7 Å². The van der Waals surface area contributed by atoms with Crippen LogP contribution >= 0.6 is 22.9 Å². The predicted molar refractivity (Wildman–Crippen MR) is 259 cm³/mol. The summed E-state index contributed by atoms with van der Waals surface area (Å²) in [6, 6.07) is 15.9. The van der Waals surface area contributed by atoms with Crippen molar-refractivity contribution in [2.75, 3.05) is 36.9 Å². The van der Waals surface area contributed by atoms with Gasteiger partial charge in [-0.2, -0.15) is 4.31 Å². The van der Waals surface area contributed by atoms with Crippen LogP contribution in [0.5, 0.6) is 5.75 Å². The Labute approximate surface area is 409 Å². The van der Waals surface area contributed by atoms with E-state index in [1.807, 2.05) is 19.9 Å². The zero-order valence-corrected chi connectivity index (χ0v) is 40.5. The summed E-state index contributed by atoms with van der Waals surface area (Å²) in [6.45, 7) is 2.12. The third-order valence-electron chi connectivity index (χ3n) is 12.9. The first kappa shape index (κ1) is 50.0. The maximum Gasteiger partial charge on any atom is 0.349 e. The number of carboxylic acids is 2. The third-order valence-corrected chi connectivity index (χ3v) is 16.7. The number of ketones is 2. The van der Waals surface area contributed by atoms with Crippen molar-refractivity contribution in [1.82, 2.24) is 18.3 Å². The van der Waals surface area contributed by atoms with Gasteiger partial charge in [0, 0.05) is 49.5 Å². The van der Waals surface area contributed by atoms with Crippen molar-refractivity contribution in [3.63, 3.8) is 0 Å². The van der Waals surface area contributed by atoms with Crippen LogP contribution in [0.2, 0.25) is 5.02 Å². The number of allylic oxidation sites excluding steroid dienone is 2. The van der Waals surface area contributed by atoms with Gasteiger partial charge in [0.05, 0.1) is 34.1 Å². The Hall–Kier alpha value is -6.42. The van der Waals surface area contributed by atoms with Gasteiger partial charge in [-0.15, -0.1) is 11.3 Å². The molecule has 5 aromatic rings. The van der Waals surface area contributed by atoms with Crippen LogP contribution in [0.3, 0.4) is 0 Å². The molecule has 3 atom stereocenters. The van der Waals surface area contributed by atoms with E-state index in [1.54, 1.807) is 36.4 Å². The Morgan fingerprint density at radius 2 is 1.67 bits per heavy atom. The van der Waals surface area contributed by atoms with E-state index in [0.29, 0.717) is 45.6 Å². The number of hydrogen-bond acceptors (Lipinski definition) is 11. The minimum absolute atomic E-state index is 0.0243. The Bertz CT molecular complexity index is 3150. The number of benzene rings is 3. The first-order chi connectivity index (χ1) is 33.0. The van der Waals surface area contributed by atoms with E-state index >= 15 is 8.78 Å². The first-order valence-electron chi connectivity index (χ1n) is 22.3. The van der Waals surface area contributed by atoms with Crippen LogP contribution in [0.25, 0.3) is 21.5 Å². The number of aromatic nitrogens is 2. The summed E-state index contributed by atoms with van der Waals surface area (Å²) < 4.78 is 69.4. The molecule has 1 unspecified atom stereocenters. The SMILES string of the molecule is Cn1c(=O)n(C2CCC(=O)C=CC2=O)c2ccc([C@H]3CCN(C(=O)Nc4cccc(CS(=O)(=O)N5CC[C@H](Nc6cccc(-c7sc(C(=O)O)c(OCC(=O)O)c7Cl)c6)CC5(C)C)c4)CC3(F)F)cc21. The van der Waals surface area contributed by atoms with E-state index in [0.717, 1.165) is 16.2 Å². The molecule has 17 nitrogen and oxygen atoms in total. The Balaban J connectivity index is 0.884. The number of nitrogens with zero attached hydrogens (tertiary/aromatic N) is 4. The molecular formula is C48H49ClF2N6O11S2. The third kappa shape index (κ3) is 10.2. The van der Waals surface area contributed by atoms with Gasteiger partial charge in [-0.25, -0.2) is 36.4 Å². The number of alkyl halides is 2. The van der Waals surface area contributed by atoms with Crippen LogP contribution in [0.15, 0.2) is 83.7 Å². The van der Waals surface area contributed by atoms with Crippen molar-refractivity contribution in [1.29, 1.82) is 0 Å². The fourth-order valence-corrected chi connectivity index (χ4v) is 13.1. The molecule has 70 heavy (non-hydrogen) atoms. The van der Waals surface area contributed by atoms with E-state index in [1.165, 1.54) is 56.9 Å². The molecular weight excluding hydrogens is 974 g/mol. The number of sulfonamides is 1. The van der Waals surface area contributed by atoms with Crippen LogP contribution in [-0.4, -0.2) is 110 Å². The summed E-state index contributed by atoms with van der Waals surface area (Å²) in [5.41, 5.74) is 1.45. The number of urea groups is 1. The van der Waals surface area contributed by atoms with E-state index < -0.39 is 81.8 Å². The van der Waals surface area contributed by atoms with Gasteiger partial charge >= 0.3 is 23.7 Å². The molecule has 2 aliphatic heterocycles. The molecule has 2 saturated heterocycles. The molecule has 22 heteroatoms. The molecule has 2 aromatic heterocycles. The maximum absolute atomic E-state index is 16.0. The fourth-order valence-electron chi connectivity index (χ4n) is 9.69. The van der Waals surface area contributed by atoms with Gasteiger partial charge in [0.25, 0.3) is 5.92 Å². The minimum Gasteiger partial charge on any atom is -0.479 e. The smallest absolute Gasteiger partial charge is 0.349 e. The number of thiophene rings is 1. The number of anilines is 2. The summed E-state index contributed by atoms with van der Waals surface area (Å²) in [5, 5.41) is 24.8. The molecule has 2 fully saturated rings. The molecule has 2 amide bonds. The number of amides is 2. The summed E-state index contributed by atoms with van der Waals surface area (Å²) >= 11 is 7.36. The topological polar surface area (TPSA) is 227 Å². The number of nitrogens with one attached hydrogen (secondary N) is 2. The van der Waals surface area contributed by atoms with Gasteiger partial charge in [-0.1, -0.05) is 41.9 Å². The largest absolute Gasteiger partial charge is 0.479 e. The van der Waals surface area contributed by atoms with E-state index in [9.17, 15) is 42.3 Å². The number of halogens is 3. The first-order valence-corrected chi connectivity index (χ1v) is 25.1. The lowest BCUT2D eigenvalue weighted by Crippen LogP contribution is -2.55. The molecule has 0 saturated carbocycles. The van der Waals surface area contributed by atoms with E-state index in [4.69, 9.17) is 21.4 Å². The number of piperidine rings is 2. The molecule has 4 heterocycles. The number of hydrogen-bond donors (Lipinski definition) is 4. The van der Waals surface area contributed by atoms with Gasteiger partial charge in [0.15, 0.2) is 28.8 Å². The summed E-state index contributed by atoms with van der Waals surface area (Å²) in [4.78, 5) is 75.8. The lowest BCUT2D eigenvalue weighted by molar-refractivity contribution is -0.139. The van der Waals surface area contributed by atoms with Gasteiger partial charge in [0.1, 0.15) is 11.1 Å². The van der Waals surface area contributed by atoms with Crippen molar-refractivity contribution in [2.24, 2.45) is 7.05 Å². The Kier molecular flexibility index (Phi) is 13.9. The number of aromatic carboxylic acids is 1. The lowest BCUT2D eigenvalue weighted by atomic mass is 9.86. The highest BCUT2D eigenvalue weighted by Crippen LogP contribution is 2.46. The second kappa shape index (κ2) is 19.4. The lowest BCUT2D eigenvalue weighted by Gasteiger charge is -2.45. The Morgan fingerprint density at radius 1 is 0.929 bits per heavy atom. The van der Waals surface area contributed by atoms with Crippen molar-refractivity contribution in [2.45, 2.75) is 81.2 Å². The highest BCUT2D eigenvalue weighted by molar-refractivity contribution is 7.88. The number of aryl methyl sites for hydroxylation is 1. The average molecular weight is 1020 g/mol. The van der Waals surface area contributed by atoms with Gasteiger partial charge in [0.2, 0.25) is 10.0 Å². The highest BCUT2D eigenvalue weighted by Gasteiger charge is 2.47. The predicted octanol–water partition coefficient (Wildman–Crippen LogP) is 7.75. The van der Waals surface area contributed by atoms with Gasteiger partial charge in [-0.05, 0) is 105 Å². The van der Waals surface area contributed by atoms with Crippen LogP contribution in [0.4, 0.5) is 25.0 Å². The maximum atomic E-state index is 16.0. The van der Waals surface area contributed by atoms with Crippen LogP contribution < -0.4 is 21.1 Å². The van der Waals surface area contributed by atoms with Crippen LogP contribution in [-0.2, 0) is 37.2 Å². The number of aliphatic carboxylic acids is 1. The molecule has 0 bridgehead atoms. The molecule has 1 aliphatic carbocycles. The quantitative estimate of drug-likeness (QED) is 0.0888. The number of imidazole rings is 1. The molecule has 3 aliphatic rings. The van der Waals surface area contributed by atoms with Crippen molar-refractivity contribution < 1.29 is 56.1 Å². The van der Waals surface area contributed by atoms with Gasteiger partial charge in [-0.3, -0.25) is 18.7 Å². The second-order valence-corrected chi connectivity index (χ2v) is 21.6. The molecule has 3 aromatic carbocycles. The molecule has 370 valence electrons. The standard InChI is InChI=1S/C48H49ClF2N6O11S2/c1-47(2)23-32(52-31-9-5-7-29(21-31)42-40(49)41(68-24-39(60)61)43(69-42)44(62)63)16-19-56(47)70(66,67)25-27-6-4-8-30(20-27)53-45(64)55-18-17-34(48(50,51)26-55)28-10-13-35-37(22-28)54(3)46(65)57(35)36-14-11-33(58)12-15-38(36)59/h4-10,12-13,15,20-22,32,34,36,52H,11,14,16-19,23-26H2,1-3H3,(H,53,64)(H,60,61)(H,62,63)/t32-,34+,36?/m0/s1. The number of rotatable bonds is 13. The number of ether oxygens (including phenoxy) is 1. The van der Waals surface area contributed by atoms with E-state index in [-0.39, 0.29) is 71.1 Å². The number of carboxylic acid groups (broad SMARTS) is 2. The zero-order valence-electron chi connectivity index (χ0n) is 38.1. The van der Waals surface area contributed by atoms with Crippen LogP contribution in [0, 0.1) is 0 Å². The molecule has 0 radical (unpaired) electrons. The summed E-state index contributed by atoms with van der Waals surface area (Å²) in [6.07, 6.45) is 3.32. The summed E-state index contributed by atoms with van der Waals surface area (Å²) in [7, 11) is -2.44. The normalized spacial score (nSPS) is 20.5. The number of fused-ring (bicyclic) bond motifs is 1. The number of carbonyl (C=O) groups is 5. The monoisotopic (exact) mass is 1020 g/mol. The second-order valence-electron chi connectivity index (χ2n) is 18.3. The molecule has 0 spiro atoms. The zero-order chi connectivity index (χ0) is 50.4. The van der Waals surface area contributed by atoms with Crippen molar-refractivity contribution in [3.05, 3.63) is 110 Å². The highest BCUT2D eigenvalue weighted by atomic mass is 35.5. The number of likely N-dealkylation sites (tertiary alicyclic amines) is 1. The number of carbonyl (C=O) groups excluding carboxylic acids is 3. The fraction of sp³-hybridized carbons (Fsp3) is 0.375. The van der Waals surface area contributed by atoms with Gasteiger partial charge < -0.3 is 30.5 Å².